The van der Waals surface area contributed by atoms with Crippen LogP contribution in [-0.2, 0) is 23.9 Å². The third kappa shape index (κ3) is 4.86. The maximum absolute atomic E-state index is 13.3. The average Bonchev–Trinajstić information content (AvgIpc) is 2.71. The van der Waals surface area contributed by atoms with Gasteiger partial charge in [0.15, 0.2) is 6.61 Å². The smallest absolute Gasteiger partial charge is 0.312 e. The van der Waals surface area contributed by atoms with E-state index in [1.54, 1.807) is 0 Å². The molecule has 4 aliphatic rings. The molecule has 3 N–H and O–H groups in total. The third-order valence-electron chi connectivity index (χ3n) is 7.28. The van der Waals surface area contributed by atoms with Crippen LogP contribution in [0.4, 0.5) is 10.1 Å². The van der Waals surface area contributed by atoms with Gasteiger partial charge in [0.1, 0.15) is 5.82 Å². The van der Waals surface area contributed by atoms with Crippen molar-refractivity contribution < 1.29 is 28.3 Å². The van der Waals surface area contributed by atoms with Gasteiger partial charge in [-0.15, -0.1) is 0 Å². The maximum atomic E-state index is 13.3. The highest BCUT2D eigenvalue weighted by Crippen LogP contribution is 2.62. The zero-order valence-electron chi connectivity index (χ0n) is 18.8. The molecule has 0 radical (unpaired) electrons. The van der Waals surface area contributed by atoms with Gasteiger partial charge in [-0.2, -0.15) is 0 Å². The second-order valence-corrected chi connectivity index (χ2v) is 10.0. The standard InChI is InChI=1S/C24H30FN3O5/c1-15(29)27-24-11-16-8-17(12-24)10-23(9-16,14-24)22(32)33-13-21(31)28(7-6-20(26)30)19-4-2-18(25)3-5-19/h2-5,16-17H,6-14H2,1H3,(H2,26,30)(H,27,29). The first-order chi connectivity index (χ1) is 15.6. The van der Waals surface area contributed by atoms with Gasteiger partial charge in [-0.25, -0.2) is 4.39 Å². The molecule has 2 unspecified atom stereocenters. The highest BCUT2D eigenvalue weighted by Gasteiger charge is 2.61. The molecule has 4 bridgehead atoms. The number of hydrogen-bond donors (Lipinski definition) is 2. The molecule has 9 heteroatoms. The number of nitrogens with two attached hydrogens (primary N) is 1. The largest absolute Gasteiger partial charge is 0.455 e. The van der Waals surface area contributed by atoms with E-state index in [4.69, 9.17) is 10.5 Å². The van der Waals surface area contributed by atoms with E-state index in [0.29, 0.717) is 36.8 Å². The lowest BCUT2D eigenvalue weighted by atomic mass is 9.47. The number of benzene rings is 1. The van der Waals surface area contributed by atoms with Gasteiger partial charge in [0, 0.05) is 31.1 Å². The molecule has 33 heavy (non-hydrogen) atoms. The number of amides is 3. The zero-order valence-corrected chi connectivity index (χ0v) is 18.8. The van der Waals surface area contributed by atoms with Crippen LogP contribution in [0.1, 0.15) is 51.9 Å². The van der Waals surface area contributed by atoms with Gasteiger partial charge in [0.05, 0.1) is 5.41 Å². The summed E-state index contributed by atoms with van der Waals surface area (Å²) in [5, 5.41) is 3.11. The molecule has 3 amide bonds. The lowest BCUT2D eigenvalue weighted by Gasteiger charge is -2.60. The Bertz CT molecular complexity index is 949. The van der Waals surface area contributed by atoms with Crippen molar-refractivity contribution in [2.75, 3.05) is 18.1 Å². The van der Waals surface area contributed by atoms with Crippen LogP contribution in [0.15, 0.2) is 24.3 Å². The lowest BCUT2D eigenvalue weighted by Crippen LogP contribution is -2.64. The molecule has 5 rings (SSSR count). The van der Waals surface area contributed by atoms with Gasteiger partial charge in [-0.3, -0.25) is 19.2 Å². The molecule has 1 aromatic carbocycles. The maximum Gasteiger partial charge on any atom is 0.312 e. The number of carbonyl (C=O) groups is 4. The molecule has 2 atom stereocenters. The molecule has 8 nitrogen and oxygen atoms in total. The number of nitrogens with one attached hydrogen (secondary N) is 1. The number of halogens is 1. The van der Waals surface area contributed by atoms with Crippen LogP contribution in [0.25, 0.3) is 0 Å². The van der Waals surface area contributed by atoms with E-state index in [1.807, 2.05) is 0 Å². The Kier molecular flexibility index (Phi) is 6.16. The van der Waals surface area contributed by atoms with Gasteiger partial charge >= 0.3 is 5.97 Å². The molecule has 178 valence electrons. The van der Waals surface area contributed by atoms with Crippen LogP contribution in [0, 0.1) is 23.1 Å². The van der Waals surface area contributed by atoms with Crippen molar-refractivity contribution in [1.29, 1.82) is 0 Å². The summed E-state index contributed by atoms with van der Waals surface area (Å²) in [4.78, 5) is 50.5. The van der Waals surface area contributed by atoms with Crippen molar-refractivity contribution >= 4 is 29.4 Å². The van der Waals surface area contributed by atoms with E-state index >= 15 is 0 Å². The summed E-state index contributed by atoms with van der Waals surface area (Å²) in [7, 11) is 0. The molecular weight excluding hydrogens is 429 g/mol. The number of carbonyl (C=O) groups excluding carboxylic acids is 4. The van der Waals surface area contributed by atoms with Crippen LogP contribution < -0.4 is 16.0 Å². The molecule has 4 aliphatic carbocycles. The molecular formula is C24H30FN3O5. The normalized spacial score (nSPS) is 29.4. The first-order valence-electron chi connectivity index (χ1n) is 11.4. The highest BCUT2D eigenvalue weighted by atomic mass is 19.1. The molecule has 4 fully saturated rings. The quantitative estimate of drug-likeness (QED) is 0.577. The number of ether oxygens (including phenoxy) is 1. The van der Waals surface area contributed by atoms with E-state index in [9.17, 15) is 23.6 Å². The minimum absolute atomic E-state index is 0.00170. The molecule has 0 aliphatic heterocycles. The molecule has 0 aromatic heterocycles. The van der Waals surface area contributed by atoms with Gasteiger partial charge < -0.3 is 20.7 Å². The van der Waals surface area contributed by atoms with Crippen molar-refractivity contribution in [3.8, 4) is 0 Å². The van der Waals surface area contributed by atoms with E-state index < -0.39 is 35.6 Å². The molecule has 0 saturated heterocycles. The minimum Gasteiger partial charge on any atom is -0.455 e. The van der Waals surface area contributed by atoms with E-state index in [2.05, 4.69) is 5.32 Å². The lowest BCUT2D eigenvalue weighted by molar-refractivity contribution is -0.177. The SMILES string of the molecule is CC(=O)NC12CC3CC(C1)CC(C(=O)OCC(=O)N(CCC(N)=O)c1ccc(F)cc1)(C3)C2. The second kappa shape index (κ2) is 8.76. The van der Waals surface area contributed by atoms with E-state index in [0.717, 1.165) is 19.3 Å². The topological polar surface area (TPSA) is 119 Å². The zero-order chi connectivity index (χ0) is 23.8. The first kappa shape index (κ1) is 23.2. The van der Waals surface area contributed by atoms with E-state index in [1.165, 1.54) is 36.1 Å². The van der Waals surface area contributed by atoms with Gasteiger partial charge in [-0.1, -0.05) is 0 Å². The summed E-state index contributed by atoms with van der Waals surface area (Å²) in [6, 6.07) is 5.27. The van der Waals surface area contributed by atoms with Crippen LogP contribution in [-0.4, -0.2) is 42.4 Å². The molecule has 1 aromatic rings. The Morgan fingerprint density at radius 1 is 1.12 bits per heavy atom. The predicted molar refractivity (Wildman–Crippen MR) is 117 cm³/mol. The number of nitrogens with zero attached hydrogens (tertiary/aromatic N) is 1. The fourth-order valence-electron chi connectivity index (χ4n) is 6.62. The number of anilines is 1. The minimum atomic E-state index is -0.694. The number of primary amides is 1. The average molecular weight is 460 g/mol. The Hall–Kier alpha value is -2.97. The highest BCUT2D eigenvalue weighted by molar-refractivity contribution is 5.96. The summed E-state index contributed by atoms with van der Waals surface area (Å²) in [5.41, 5.74) is 4.55. The first-order valence-corrected chi connectivity index (χ1v) is 11.4. The van der Waals surface area contributed by atoms with Crippen LogP contribution >= 0.6 is 0 Å². The number of esters is 1. The number of hydrogen-bond acceptors (Lipinski definition) is 5. The summed E-state index contributed by atoms with van der Waals surface area (Å²) in [5.74, 6) is -1.35. The molecule has 4 saturated carbocycles. The molecule has 0 heterocycles. The van der Waals surface area contributed by atoms with Crippen molar-refractivity contribution in [3.63, 3.8) is 0 Å². The molecule has 0 spiro atoms. The number of rotatable bonds is 8. The van der Waals surface area contributed by atoms with Gasteiger partial charge in [0.25, 0.3) is 5.91 Å². The van der Waals surface area contributed by atoms with Crippen LogP contribution in [0.3, 0.4) is 0 Å². The fraction of sp³-hybridized carbons (Fsp3) is 0.583. The van der Waals surface area contributed by atoms with Crippen LogP contribution in [0.2, 0.25) is 0 Å². The Morgan fingerprint density at radius 3 is 2.33 bits per heavy atom. The van der Waals surface area contributed by atoms with Crippen molar-refractivity contribution in [1.82, 2.24) is 5.32 Å². The van der Waals surface area contributed by atoms with Crippen molar-refractivity contribution in [2.24, 2.45) is 23.0 Å². The second-order valence-electron chi connectivity index (χ2n) is 10.0. The summed E-state index contributed by atoms with van der Waals surface area (Å²) >= 11 is 0. The van der Waals surface area contributed by atoms with Gasteiger partial charge in [-0.05, 0) is 74.6 Å². The Morgan fingerprint density at radius 2 is 1.76 bits per heavy atom. The van der Waals surface area contributed by atoms with E-state index in [-0.39, 0.29) is 24.4 Å². The van der Waals surface area contributed by atoms with Crippen LogP contribution in [0.5, 0.6) is 0 Å². The Labute approximate surface area is 192 Å². The Balaban J connectivity index is 1.45. The third-order valence-corrected chi connectivity index (χ3v) is 7.28. The van der Waals surface area contributed by atoms with Crippen molar-refractivity contribution in [2.45, 2.75) is 57.4 Å². The monoisotopic (exact) mass is 459 g/mol. The summed E-state index contributed by atoms with van der Waals surface area (Å²) in [6.07, 6.45) is 4.68. The fourth-order valence-corrected chi connectivity index (χ4v) is 6.62. The van der Waals surface area contributed by atoms with Gasteiger partial charge in [0.2, 0.25) is 11.8 Å². The summed E-state index contributed by atoms with van der Waals surface area (Å²) < 4.78 is 18.9. The summed E-state index contributed by atoms with van der Waals surface area (Å²) in [6.45, 7) is 1.01. The predicted octanol–water partition coefficient (Wildman–Crippen LogP) is 2.05. The van der Waals surface area contributed by atoms with Crippen molar-refractivity contribution in [3.05, 3.63) is 30.1 Å².